The molecule has 0 heterocycles. The van der Waals surface area contributed by atoms with Crippen LogP contribution in [0.5, 0.6) is 5.75 Å². The summed E-state index contributed by atoms with van der Waals surface area (Å²) in [4.78, 5) is 24.4. The van der Waals surface area contributed by atoms with Gasteiger partial charge in [0.25, 0.3) is 0 Å². The monoisotopic (exact) mass is 449 g/mol. The van der Waals surface area contributed by atoms with Crippen LogP contribution in [-0.2, 0) is 19.1 Å². The van der Waals surface area contributed by atoms with Crippen molar-refractivity contribution in [3.63, 3.8) is 0 Å². The van der Waals surface area contributed by atoms with Gasteiger partial charge in [0.05, 0.1) is 13.7 Å². The normalized spacial score (nSPS) is 10.5. The second-order valence-electron chi connectivity index (χ2n) is 7.19. The van der Waals surface area contributed by atoms with Crippen LogP contribution in [-0.4, -0.2) is 50.5 Å². The summed E-state index contributed by atoms with van der Waals surface area (Å²) in [6, 6.07) is 26.1. The Morgan fingerprint density at radius 1 is 0.879 bits per heavy atom. The highest BCUT2D eigenvalue weighted by Gasteiger charge is 2.15. The standard InChI is InChI=1S/C26H27NO6/c1-31-22-14-12-20(13-15-22)23-10-5-6-11-24(23)27(21-8-3-2-4-9-21)16-7-17-33-26(30)19-32-18-25(28)29/h2-6,8-15H,7,16-19H2,1H3,(H,28,29). The number of esters is 1. The molecular weight excluding hydrogens is 422 g/mol. The molecule has 7 heteroatoms. The van der Waals surface area contributed by atoms with Crippen molar-refractivity contribution in [3.8, 4) is 16.9 Å². The third-order valence-corrected chi connectivity index (χ3v) is 4.90. The van der Waals surface area contributed by atoms with E-state index in [0.29, 0.717) is 13.0 Å². The molecule has 3 rings (SSSR count). The summed E-state index contributed by atoms with van der Waals surface area (Å²) < 4.78 is 15.2. The Hall–Kier alpha value is -3.84. The highest BCUT2D eigenvalue weighted by atomic mass is 16.6. The van der Waals surface area contributed by atoms with Crippen LogP contribution < -0.4 is 9.64 Å². The number of para-hydroxylation sites is 2. The third-order valence-electron chi connectivity index (χ3n) is 4.90. The lowest BCUT2D eigenvalue weighted by Gasteiger charge is -2.27. The molecule has 7 nitrogen and oxygen atoms in total. The lowest BCUT2D eigenvalue weighted by atomic mass is 10.0. The van der Waals surface area contributed by atoms with Crippen molar-refractivity contribution in [3.05, 3.63) is 78.9 Å². The Kier molecular flexibility index (Phi) is 8.85. The SMILES string of the molecule is COc1ccc(-c2ccccc2N(CCCOC(=O)COCC(=O)O)c2ccccc2)cc1. The summed E-state index contributed by atoms with van der Waals surface area (Å²) in [6.07, 6.45) is 0.580. The number of carbonyl (C=O) groups is 2. The van der Waals surface area contributed by atoms with Crippen molar-refractivity contribution >= 4 is 23.3 Å². The predicted octanol–water partition coefficient (Wildman–Crippen LogP) is 4.53. The van der Waals surface area contributed by atoms with Crippen LogP contribution in [0.4, 0.5) is 11.4 Å². The van der Waals surface area contributed by atoms with E-state index in [-0.39, 0.29) is 13.2 Å². The summed E-state index contributed by atoms with van der Waals surface area (Å²) in [6.45, 7) is -0.0994. The number of benzene rings is 3. The minimum absolute atomic E-state index is 0.198. The molecule has 0 aliphatic rings. The third kappa shape index (κ3) is 7.08. The maximum absolute atomic E-state index is 11.7. The van der Waals surface area contributed by atoms with E-state index in [1.54, 1.807) is 7.11 Å². The molecule has 0 aliphatic carbocycles. The zero-order valence-corrected chi connectivity index (χ0v) is 18.5. The number of methoxy groups -OCH3 is 1. The Labute approximate surface area is 193 Å². The largest absolute Gasteiger partial charge is 0.497 e. The minimum atomic E-state index is -1.13. The molecule has 0 saturated heterocycles. The van der Waals surface area contributed by atoms with Crippen LogP contribution >= 0.6 is 0 Å². The first-order chi connectivity index (χ1) is 16.1. The van der Waals surface area contributed by atoms with E-state index in [9.17, 15) is 9.59 Å². The fraction of sp³-hybridized carbons (Fsp3) is 0.231. The van der Waals surface area contributed by atoms with E-state index in [0.717, 1.165) is 28.3 Å². The van der Waals surface area contributed by atoms with Crippen molar-refractivity contribution in [2.24, 2.45) is 0 Å². The Morgan fingerprint density at radius 3 is 2.27 bits per heavy atom. The highest BCUT2D eigenvalue weighted by Crippen LogP contribution is 2.35. The van der Waals surface area contributed by atoms with Gasteiger partial charge in [0.15, 0.2) is 0 Å². The number of ether oxygens (including phenoxy) is 3. The first-order valence-electron chi connectivity index (χ1n) is 10.6. The molecule has 33 heavy (non-hydrogen) atoms. The predicted molar refractivity (Wildman–Crippen MR) is 126 cm³/mol. The second-order valence-corrected chi connectivity index (χ2v) is 7.19. The van der Waals surface area contributed by atoms with Crippen molar-refractivity contribution in [1.29, 1.82) is 0 Å². The van der Waals surface area contributed by atoms with Gasteiger partial charge in [-0.3, -0.25) is 0 Å². The fourth-order valence-electron chi connectivity index (χ4n) is 3.39. The summed E-state index contributed by atoms with van der Waals surface area (Å²) >= 11 is 0. The van der Waals surface area contributed by atoms with Crippen molar-refractivity contribution in [2.75, 3.05) is 38.4 Å². The molecule has 0 aromatic heterocycles. The Morgan fingerprint density at radius 2 is 1.58 bits per heavy atom. The summed E-state index contributed by atoms with van der Waals surface area (Å²) in [5.74, 6) is -0.914. The van der Waals surface area contributed by atoms with Crippen LogP contribution in [0.1, 0.15) is 6.42 Å². The molecule has 0 aliphatic heterocycles. The summed E-state index contributed by atoms with van der Waals surface area (Å²) in [5, 5.41) is 8.56. The van der Waals surface area contributed by atoms with Crippen LogP contribution in [0.15, 0.2) is 78.9 Å². The van der Waals surface area contributed by atoms with Gasteiger partial charge in [-0.1, -0.05) is 48.5 Å². The van der Waals surface area contributed by atoms with Gasteiger partial charge in [0, 0.05) is 23.5 Å². The zero-order chi connectivity index (χ0) is 23.5. The molecule has 0 unspecified atom stereocenters. The number of hydrogen-bond acceptors (Lipinski definition) is 6. The summed E-state index contributed by atoms with van der Waals surface area (Å²) in [5.41, 5.74) is 4.19. The van der Waals surface area contributed by atoms with E-state index < -0.39 is 18.5 Å². The number of anilines is 2. The quantitative estimate of drug-likeness (QED) is 0.321. The van der Waals surface area contributed by atoms with Gasteiger partial charge < -0.3 is 24.2 Å². The molecule has 0 amide bonds. The van der Waals surface area contributed by atoms with Gasteiger partial charge in [-0.2, -0.15) is 0 Å². The Balaban J connectivity index is 1.73. The number of rotatable bonds is 12. The molecule has 0 spiro atoms. The van der Waals surface area contributed by atoms with Gasteiger partial charge in [-0.15, -0.1) is 0 Å². The smallest absolute Gasteiger partial charge is 0.332 e. The number of aliphatic carboxylic acids is 1. The number of nitrogens with zero attached hydrogens (tertiary/aromatic N) is 1. The topological polar surface area (TPSA) is 85.3 Å². The van der Waals surface area contributed by atoms with E-state index in [2.05, 4.69) is 17.0 Å². The van der Waals surface area contributed by atoms with Gasteiger partial charge in [-0.25, -0.2) is 9.59 Å². The Bertz CT molecular complexity index is 1040. The van der Waals surface area contributed by atoms with Crippen LogP contribution in [0, 0.1) is 0 Å². The number of carboxylic acids is 1. The molecule has 3 aromatic carbocycles. The highest BCUT2D eigenvalue weighted by molar-refractivity contribution is 5.82. The van der Waals surface area contributed by atoms with E-state index in [1.165, 1.54) is 0 Å². The number of carbonyl (C=O) groups excluding carboxylic acids is 1. The molecule has 3 aromatic rings. The molecule has 0 atom stereocenters. The van der Waals surface area contributed by atoms with E-state index >= 15 is 0 Å². The lowest BCUT2D eigenvalue weighted by molar-refractivity contribution is -0.152. The average Bonchev–Trinajstić information content (AvgIpc) is 2.84. The first kappa shape index (κ1) is 23.8. The van der Waals surface area contributed by atoms with E-state index in [1.807, 2.05) is 66.7 Å². The minimum Gasteiger partial charge on any atom is -0.497 e. The first-order valence-corrected chi connectivity index (χ1v) is 10.6. The fourth-order valence-corrected chi connectivity index (χ4v) is 3.39. The maximum atomic E-state index is 11.7. The molecule has 0 bridgehead atoms. The van der Waals surface area contributed by atoms with Crippen molar-refractivity contribution in [1.82, 2.24) is 0 Å². The summed E-state index contributed by atoms with van der Waals surface area (Å²) in [7, 11) is 1.64. The van der Waals surface area contributed by atoms with Crippen molar-refractivity contribution in [2.45, 2.75) is 6.42 Å². The number of carboxylic acid groups (broad SMARTS) is 1. The molecule has 0 fully saturated rings. The van der Waals surface area contributed by atoms with E-state index in [4.69, 9.17) is 19.3 Å². The molecule has 0 radical (unpaired) electrons. The molecular formula is C26H27NO6. The van der Waals surface area contributed by atoms with Gasteiger partial charge >= 0.3 is 11.9 Å². The average molecular weight is 450 g/mol. The number of hydrogen-bond donors (Lipinski definition) is 1. The van der Waals surface area contributed by atoms with Gasteiger partial charge in [0.1, 0.15) is 19.0 Å². The van der Waals surface area contributed by atoms with Crippen LogP contribution in [0.2, 0.25) is 0 Å². The van der Waals surface area contributed by atoms with Gasteiger partial charge in [-0.05, 0) is 42.3 Å². The van der Waals surface area contributed by atoms with Gasteiger partial charge in [0.2, 0.25) is 0 Å². The lowest BCUT2D eigenvalue weighted by Crippen LogP contribution is -2.22. The zero-order valence-electron chi connectivity index (χ0n) is 18.5. The molecule has 0 saturated carbocycles. The maximum Gasteiger partial charge on any atom is 0.332 e. The van der Waals surface area contributed by atoms with Crippen molar-refractivity contribution < 1.29 is 28.9 Å². The van der Waals surface area contributed by atoms with Crippen LogP contribution in [0.25, 0.3) is 11.1 Å². The van der Waals surface area contributed by atoms with Crippen LogP contribution in [0.3, 0.4) is 0 Å². The second kappa shape index (κ2) is 12.3. The molecule has 172 valence electrons. The molecule has 1 N–H and O–H groups in total.